The van der Waals surface area contributed by atoms with E-state index in [-0.39, 0.29) is 19.0 Å². The average Bonchev–Trinajstić information content (AvgIpc) is 2.45. The third-order valence-corrected chi connectivity index (χ3v) is 3.66. The number of benzene rings is 1. The van der Waals surface area contributed by atoms with Crippen LogP contribution in [0.2, 0.25) is 0 Å². The van der Waals surface area contributed by atoms with Crippen molar-refractivity contribution in [2.45, 2.75) is 25.7 Å². The summed E-state index contributed by atoms with van der Waals surface area (Å²) in [6.07, 6.45) is 1.99. The highest BCUT2D eigenvalue weighted by Crippen LogP contribution is 2.22. The maximum atomic E-state index is 12.0. The topological polar surface area (TPSA) is 52.6 Å². The summed E-state index contributed by atoms with van der Waals surface area (Å²) in [4.78, 5) is 24.9. The van der Waals surface area contributed by atoms with Gasteiger partial charge in [0.15, 0.2) is 5.78 Å². The van der Waals surface area contributed by atoms with E-state index in [1.165, 1.54) is 0 Å². The smallest absolute Gasteiger partial charge is 0.319 e. The highest BCUT2D eigenvalue weighted by molar-refractivity contribution is 7.98. The molecule has 0 fully saturated rings. The SMILES string of the molecule is CCOC(=O)C(C)(C)C(=O)COc1ccc(SC)cc1. The molecular formula is C15H20O4S. The van der Waals surface area contributed by atoms with Crippen LogP contribution in [-0.4, -0.2) is 31.2 Å². The second-order valence-corrected chi connectivity index (χ2v) is 5.61. The molecule has 1 aromatic carbocycles. The Labute approximate surface area is 123 Å². The molecule has 4 nitrogen and oxygen atoms in total. The molecule has 0 aliphatic rings. The van der Waals surface area contributed by atoms with Crippen LogP contribution in [0.3, 0.4) is 0 Å². The van der Waals surface area contributed by atoms with E-state index < -0.39 is 11.4 Å². The van der Waals surface area contributed by atoms with Crippen molar-refractivity contribution in [3.63, 3.8) is 0 Å². The van der Waals surface area contributed by atoms with Gasteiger partial charge in [0.25, 0.3) is 0 Å². The third kappa shape index (κ3) is 4.27. The van der Waals surface area contributed by atoms with Crippen molar-refractivity contribution in [1.29, 1.82) is 0 Å². The van der Waals surface area contributed by atoms with Gasteiger partial charge in [-0.3, -0.25) is 9.59 Å². The van der Waals surface area contributed by atoms with Gasteiger partial charge in [-0.1, -0.05) is 0 Å². The Morgan fingerprint density at radius 3 is 2.30 bits per heavy atom. The lowest BCUT2D eigenvalue weighted by atomic mass is 9.88. The number of thioether (sulfide) groups is 1. The summed E-state index contributed by atoms with van der Waals surface area (Å²) in [5.74, 6) is -0.216. The zero-order chi connectivity index (χ0) is 15.2. The predicted molar refractivity (Wildman–Crippen MR) is 79.1 cm³/mol. The van der Waals surface area contributed by atoms with Crippen LogP contribution < -0.4 is 4.74 Å². The number of rotatable bonds is 7. The average molecular weight is 296 g/mol. The Morgan fingerprint density at radius 1 is 1.20 bits per heavy atom. The fraction of sp³-hybridized carbons (Fsp3) is 0.467. The summed E-state index contributed by atoms with van der Waals surface area (Å²) in [6, 6.07) is 7.44. The molecule has 110 valence electrons. The summed E-state index contributed by atoms with van der Waals surface area (Å²) in [5.41, 5.74) is -1.19. The molecule has 0 saturated heterocycles. The normalized spacial score (nSPS) is 11.0. The van der Waals surface area contributed by atoms with E-state index in [4.69, 9.17) is 9.47 Å². The van der Waals surface area contributed by atoms with Crippen LogP contribution in [0.5, 0.6) is 5.75 Å². The molecule has 5 heteroatoms. The van der Waals surface area contributed by atoms with Crippen molar-refractivity contribution in [2.75, 3.05) is 19.5 Å². The molecule has 0 N–H and O–H groups in total. The van der Waals surface area contributed by atoms with Crippen molar-refractivity contribution in [1.82, 2.24) is 0 Å². The lowest BCUT2D eigenvalue weighted by molar-refractivity contribution is -0.158. The number of carbonyl (C=O) groups excluding carboxylic acids is 2. The molecule has 0 amide bonds. The minimum Gasteiger partial charge on any atom is -0.486 e. The first-order chi connectivity index (χ1) is 9.41. The Bertz CT molecular complexity index is 465. The van der Waals surface area contributed by atoms with E-state index in [1.807, 2.05) is 18.4 Å². The van der Waals surface area contributed by atoms with E-state index in [0.717, 1.165) is 4.90 Å². The standard InChI is InChI=1S/C15H20O4S/c1-5-18-14(17)15(2,3)13(16)10-19-11-6-8-12(20-4)9-7-11/h6-9H,5,10H2,1-4H3. The number of hydrogen-bond donors (Lipinski definition) is 0. The fourth-order valence-corrected chi connectivity index (χ4v) is 1.83. The molecule has 1 rings (SSSR count). The first kappa shape index (κ1) is 16.6. The lowest BCUT2D eigenvalue weighted by Gasteiger charge is -2.20. The van der Waals surface area contributed by atoms with Crippen LogP contribution >= 0.6 is 11.8 Å². The van der Waals surface area contributed by atoms with Gasteiger partial charge in [0.2, 0.25) is 0 Å². The van der Waals surface area contributed by atoms with E-state index in [2.05, 4.69) is 0 Å². The Balaban J connectivity index is 2.59. The van der Waals surface area contributed by atoms with Crippen molar-refractivity contribution in [3.05, 3.63) is 24.3 Å². The van der Waals surface area contributed by atoms with Crippen LogP contribution in [0.4, 0.5) is 0 Å². The zero-order valence-electron chi connectivity index (χ0n) is 12.3. The van der Waals surface area contributed by atoms with Crippen molar-refractivity contribution in [2.24, 2.45) is 5.41 Å². The minimum atomic E-state index is -1.19. The van der Waals surface area contributed by atoms with Gasteiger partial charge in [0.1, 0.15) is 17.8 Å². The van der Waals surface area contributed by atoms with Crippen LogP contribution in [0, 0.1) is 5.41 Å². The first-order valence-corrected chi connectivity index (χ1v) is 7.61. The molecule has 1 aromatic rings. The van der Waals surface area contributed by atoms with Crippen LogP contribution in [0.15, 0.2) is 29.2 Å². The summed E-state index contributed by atoms with van der Waals surface area (Å²) in [7, 11) is 0. The summed E-state index contributed by atoms with van der Waals surface area (Å²) in [6.45, 7) is 4.92. The van der Waals surface area contributed by atoms with Crippen LogP contribution in [0.25, 0.3) is 0 Å². The Morgan fingerprint density at radius 2 is 1.80 bits per heavy atom. The lowest BCUT2D eigenvalue weighted by Crippen LogP contribution is -2.38. The summed E-state index contributed by atoms with van der Waals surface area (Å²) < 4.78 is 10.3. The molecular weight excluding hydrogens is 276 g/mol. The largest absolute Gasteiger partial charge is 0.486 e. The van der Waals surface area contributed by atoms with Gasteiger partial charge in [-0.15, -0.1) is 11.8 Å². The van der Waals surface area contributed by atoms with E-state index in [9.17, 15) is 9.59 Å². The van der Waals surface area contributed by atoms with Gasteiger partial charge in [-0.2, -0.15) is 0 Å². The second kappa shape index (κ2) is 7.33. The maximum absolute atomic E-state index is 12.0. The van der Waals surface area contributed by atoms with E-state index >= 15 is 0 Å². The van der Waals surface area contributed by atoms with Crippen molar-refractivity contribution in [3.8, 4) is 5.75 Å². The molecule has 0 atom stereocenters. The van der Waals surface area contributed by atoms with Gasteiger partial charge in [-0.05, 0) is 51.3 Å². The van der Waals surface area contributed by atoms with Crippen LogP contribution in [0.1, 0.15) is 20.8 Å². The maximum Gasteiger partial charge on any atom is 0.319 e. The number of ether oxygens (including phenoxy) is 2. The molecule has 0 aliphatic carbocycles. The van der Waals surface area contributed by atoms with Crippen molar-refractivity contribution < 1.29 is 19.1 Å². The van der Waals surface area contributed by atoms with Crippen LogP contribution in [-0.2, 0) is 14.3 Å². The molecule has 0 bridgehead atoms. The van der Waals surface area contributed by atoms with Gasteiger partial charge >= 0.3 is 5.97 Å². The first-order valence-electron chi connectivity index (χ1n) is 6.39. The third-order valence-electron chi connectivity index (χ3n) is 2.91. The molecule has 0 aliphatic heterocycles. The quantitative estimate of drug-likeness (QED) is 0.440. The van der Waals surface area contributed by atoms with E-state index in [1.54, 1.807) is 44.7 Å². The minimum absolute atomic E-state index is 0.148. The fourth-order valence-electron chi connectivity index (χ4n) is 1.43. The highest BCUT2D eigenvalue weighted by Gasteiger charge is 2.37. The highest BCUT2D eigenvalue weighted by atomic mass is 32.2. The summed E-state index contributed by atoms with van der Waals surface area (Å²) >= 11 is 1.63. The predicted octanol–water partition coefficient (Wildman–Crippen LogP) is 2.95. The van der Waals surface area contributed by atoms with Crippen molar-refractivity contribution >= 4 is 23.5 Å². The Kier molecular flexibility index (Phi) is 6.07. The Hall–Kier alpha value is -1.49. The summed E-state index contributed by atoms with van der Waals surface area (Å²) in [5, 5.41) is 0. The number of ketones is 1. The second-order valence-electron chi connectivity index (χ2n) is 4.73. The number of carbonyl (C=O) groups is 2. The molecule has 0 radical (unpaired) electrons. The molecule has 0 spiro atoms. The number of Topliss-reactive ketones (excluding diaryl/α,β-unsaturated/α-hetero) is 1. The monoisotopic (exact) mass is 296 g/mol. The zero-order valence-corrected chi connectivity index (χ0v) is 13.1. The van der Waals surface area contributed by atoms with E-state index in [0.29, 0.717) is 5.75 Å². The number of hydrogen-bond acceptors (Lipinski definition) is 5. The number of esters is 1. The van der Waals surface area contributed by atoms with Gasteiger partial charge < -0.3 is 9.47 Å². The molecule has 0 aromatic heterocycles. The molecule has 0 heterocycles. The van der Waals surface area contributed by atoms with Gasteiger partial charge in [0.05, 0.1) is 6.61 Å². The molecule has 0 unspecified atom stereocenters. The molecule has 20 heavy (non-hydrogen) atoms. The van der Waals surface area contributed by atoms with Gasteiger partial charge in [-0.25, -0.2) is 0 Å². The van der Waals surface area contributed by atoms with Gasteiger partial charge in [0, 0.05) is 4.90 Å². The molecule has 0 saturated carbocycles.